The Hall–Kier alpha value is -0.570. The SMILES string of the molecule is O=C(NCCC1CCCCC1)[C@@H]1CCCCN1. The number of piperidine rings is 1. The summed E-state index contributed by atoms with van der Waals surface area (Å²) in [5.41, 5.74) is 0. The van der Waals surface area contributed by atoms with Crippen LogP contribution in [0.1, 0.15) is 57.8 Å². The van der Waals surface area contributed by atoms with Gasteiger partial charge in [0.2, 0.25) is 5.91 Å². The van der Waals surface area contributed by atoms with Gasteiger partial charge in [-0.05, 0) is 31.7 Å². The van der Waals surface area contributed by atoms with Gasteiger partial charge in [-0.3, -0.25) is 4.79 Å². The number of hydrogen-bond acceptors (Lipinski definition) is 2. The lowest BCUT2D eigenvalue weighted by Crippen LogP contribution is -2.46. The van der Waals surface area contributed by atoms with Crippen LogP contribution < -0.4 is 10.6 Å². The van der Waals surface area contributed by atoms with Crippen LogP contribution >= 0.6 is 0 Å². The van der Waals surface area contributed by atoms with Crippen molar-refractivity contribution in [2.24, 2.45) is 5.92 Å². The van der Waals surface area contributed by atoms with Crippen molar-refractivity contribution in [2.45, 2.75) is 63.8 Å². The van der Waals surface area contributed by atoms with E-state index >= 15 is 0 Å². The van der Waals surface area contributed by atoms with Crippen molar-refractivity contribution >= 4 is 5.91 Å². The van der Waals surface area contributed by atoms with Crippen LogP contribution in [0.3, 0.4) is 0 Å². The van der Waals surface area contributed by atoms with Crippen molar-refractivity contribution < 1.29 is 4.79 Å². The van der Waals surface area contributed by atoms with Crippen molar-refractivity contribution in [3.05, 3.63) is 0 Å². The largest absolute Gasteiger partial charge is 0.355 e. The van der Waals surface area contributed by atoms with E-state index in [9.17, 15) is 4.79 Å². The normalized spacial score (nSPS) is 26.7. The Kier molecular flexibility index (Phi) is 5.30. The van der Waals surface area contributed by atoms with Gasteiger partial charge in [-0.25, -0.2) is 0 Å². The number of carbonyl (C=O) groups is 1. The molecular weight excluding hydrogens is 212 g/mol. The maximum Gasteiger partial charge on any atom is 0.237 e. The Labute approximate surface area is 105 Å². The molecule has 0 aromatic carbocycles. The summed E-state index contributed by atoms with van der Waals surface area (Å²) in [4.78, 5) is 11.9. The van der Waals surface area contributed by atoms with Crippen molar-refractivity contribution in [1.82, 2.24) is 10.6 Å². The van der Waals surface area contributed by atoms with E-state index in [0.717, 1.165) is 25.4 Å². The van der Waals surface area contributed by atoms with Gasteiger partial charge in [-0.15, -0.1) is 0 Å². The highest BCUT2D eigenvalue weighted by Gasteiger charge is 2.20. The minimum Gasteiger partial charge on any atom is -0.355 e. The molecule has 1 aliphatic carbocycles. The molecule has 1 amide bonds. The summed E-state index contributed by atoms with van der Waals surface area (Å²) in [7, 11) is 0. The molecule has 3 heteroatoms. The summed E-state index contributed by atoms with van der Waals surface area (Å²) in [5.74, 6) is 1.09. The molecule has 0 aromatic rings. The summed E-state index contributed by atoms with van der Waals surface area (Å²) in [6, 6.07) is 0.0788. The predicted molar refractivity (Wildman–Crippen MR) is 69.8 cm³/mol. The Bertz CT molecular complexity index is 230. The molecule has 2 rings (SSSR count). The number of nitrogens with one attached hydrogen (secondary N) is 2. The molecule has 0 unspecified atom stereocenters. The van der Waals surface area contributed by atoms with Crippen molar-refractivity contribution in [2.75, 3.05) is 13.1 Å². The predicted octanol–water partition coefficient (Wildman–Crippen LogP) is 2.22. The Morgan fingerprint density at radius 2 is 1.82 bits per heavy atom. The second-order valence-electron chi connectivity index (χ2n) is 5.59. The lowest BCUT2D eigenvalue weighted by Gasteiger charge is -2.24. The maximum atomic E-state index is 11.9. The molecule has 0 bridgehead atoms. The molecule has 1 saturated carbocycles. The van der Waals surface area contributed by atoms with E-state index in [-0.39, 0.29) is 11.9 Å². The minimum atomic E-state index is 0.0788. The first-order valence-corrected chi connectivity index (χ1v) is 7.37. The number of amides is 1. The fourth-order valence-electron chi connectivity index (χ4n) is 3.07. The van der Waals surface area contributed by atoms with E-state index < -0.39 is 0 Å². The first-order chi connectivity index (χ1) is 8.36. The molecule has 17 heavy (non-hydrogen) atoms. The highest BCUT2D eigenvalue weighted by atomic mass is 16.2. The number of hydrogen-bond donors (Lipinski definition) is 2. The molecule has 1 aliphatic heterocycles. The summed E-state index contributed by atoms with van der Waals surface area (Å²) in [6.45, 7) is 1.88. The van der Waals surface area contributed by atoms with Gasteiger partial charge < -0.3 is 10.6 Å². The van der Waals surface area contributed by atoms with Crippen molar-refractivity contribution in [3.63, 3.8) is 0 Å². The zero-order valence-electron chi connectivity index (χ0n) is 10.8. The Balaban J connectivity index is 1.58. The number of carbonyl (C=O) groups excluding carboxylic acids is 1. The van der Waals surface area contributed by atoms with Crippen LogP contribution in [0.2, 0.25) is 0 Å². The van der Waals surface area contributed by atoms with Gasteiger partial charge in [0.25, 0.3) is 0 Å². The second-order valence-corrected chi connectivity index (χ2v) is 5.59. The zero-order valence-corrected chi connectivity index (χ0v) is 10.8. The first kappa shape index (κ1) is 12.9. The van der Waals surface area contributed by atoms with E-state index in [4.69, 9.17) is 0 Å². The fraction of sp³-hybridized carbons (Fsp3) is 0.929. The van der Waals surface area contributed by atoms with E-state index in [0.29, 0.717) is 0 Å². The average molecular weight is 238 g/mol. The van der Waals surface area contributed by atoms with Crippen LogP contribution in [0.15, 0.2) is 0 Å². The van der Waals surface area contributed by atoms with Gasteiger partial charge in [0.15, 0.2) is 0 Å². The summed E-state index contributed by atoms with van der Waals surface area (Å²) < 4.78 is 0. The number of rotatable bonds is 4. The molecule has 2 fully saturated rings. The third-order valence-electron chi connectivity index (χ3n) is 4.20. The molecule has 2 aliphatic rings. The van der Waals surface area contributed by atoms with Crippen LogP contribution in [0.5, 0.6) is 0 Å². The summed E-state index contributed by atoms with van der Waals surface area (Å²) >= 11 is 0. The lowest BCUT2D eigenvalue weighted by atomic mass is 9.87. The van der Waals surface area contributed by atoms with Crippen LogP contribution in [0.4, 0.5) is 0 Å². The molecule has 0 radical (unpaired) electrons. The maximum absolute atomic E-state index is 11.9. The molecule has 0 spiro atoms. The molecular formula is C14H26N2O. The zero-order chi connectivity index (χ0) is 11.9. The third kappa shape index (κ3) is 4.30. The van der Waals surface area contributed by atoms with Crippen LogP contribution in [0, 0.1) is 5.92 Å². The van der Waals surface area contributed by atoms with E-state index in [1.807, 2.05) is 0 Å². The molecule has 2 N–H and O–H groups in total. The van der Waals surface area contributed by atoms with Gasteiger partial charge in [0.1, 0.15) is 0 Å². The molecule has 98 valence electrons. The van der Waals surface area contributed by atoms with Crippen LogP contribution in [-0.2, 0) is 4.79 Å². The highest BCUT2D eigenvalue weighted by Crippen LogP contribution is 2.25. The van der Waals surface area contributed by atoms with Crippen LogP contribution in [-0.4, -0.2) is 25.0 Å². The van der Waals surface area contributed by atoms with Gasteiger partial charge >= 0.3 is 0 Å². The van der Waals surface area contributed by atoms with Crippen molar-refractivity contribution in [1.29, 1.82) is 0 Å². The quantitative estimate of drug-likeness (QED) is 0.788. The smallest absolute Gasteiger partial charge is 0.237 e. The van der Waals surface area contributed by atoms with E-state index in [1.165, 1.54) is 51.4 Å². The minimum absolute atomic E-state index is 0.0788. The molecule has 1 saturated heterocycles. The Morgan fingerprint density at radius 3 is 2.53 bits per heavy atom. The van der Waals surface area contributed by atoms with Gasteiger partial charge in [0.05, 0.1) is 6.04 Å². The summed E-state index contributed by atoms with van der Waals surface area (Å²) in [5, 5.41) is 6.39. The second kappa shape index (κ2) is 7.00. The third-order valence-corrected chi connectivity index (χ3v) is 4.20. The average Bonchev–Trinajstić information content (AvgIpc) is 2.41. The van der Waals surface area contributed by atoms with Gasteiger partial charge in [-0.1, -0.05) is 38.5 Å². The van der Waals surface area contributed by atoms with Gasteiger partial charge in [0, 0.05) is 6.54 Å². The lowest BCUT2D eigenvalue weighted by molar-refractivity contribution is -0.123. The topological polar surface area (TPSA) is 41.1 Å². The fourth-order valence-corrected chi connectivity index (χ4v) is 3.07. The van der Waals surface area contributed by atoms with Crippen LogP contribution in [0.25, 0.3) is 0 Å². The van der Waals surface area contributed by atoms with E-state index in [1.54, 1.807) is 0 Å². The summed E-state index contributed by atoms with van der Waals surface area (Å²) in [6.07, 6.45) is 11.5. The monoisotopic (exact) mass is 238 g/mol. The van der Waals surface area contributed by atoms with Gasteiger partial charge in [-0.2, -0.15) is 0 Å². The molecule has 1 heterocycles. The molecule has 3 nitrogen and oxygen atoms in total. The van der Waals surface area contributed by atoms with E-state index in [2.05, 4.69) is 10.6 Å². The standard InChI is InChI=1S/C14H26N2O/c17-14(13-8-4-5-10-15-13)16-11-9-12-6-2-1-3-7-12/h12-13,15H,1-11H2,(H,16,17)/t13-/m0/s1. The Morgan fingerprint density at radius 1 is 1.06 bits per heavy atom. The molecule has 0 aromatic heterocycles. The first-order valence-electron chi connectivity index (χ1n) is 7.37. The van der Waals surface area contributed by atoms with Crippen molar-refractivity contribution in [3.8, 4) is 0 Å². The highest BCUT2D eigenvalue weighted by molar-refractivity contribution is 5.81. The molecule has 1 atom stereocenters.